The molecule has 0 heterocycles. The summed E-state index contributed by atoms with van der Waals surface area (Å²) in [5.41, 5.74) is 7.89. The molecule has 3 N–H and O–H groups in total. The Labute approximate surface area is 206 Å². The maximum Gasteiger partial charge on any atom is 0.130 e. The van der Waals surface area contributed by atoms with Crippen LogP contribution in [0.15, 0.2) is 60.7 Å². The van der Waals surface area contributed by atoms with Gasteiger partial charge in [-0.15, -0.1) is 0 Å². The molecule has 0 saturated heterocycles. The van der Waals surface area contributed by atoms with Crippen molar-refractivity contribution in [2.75, 3.05) is 4.90 Å². The van der Waals surface area contributed by atoms with Crippen molar-refractivity contribution in [2.45, 2.75) is 41.5 Å². The number of hydrogen-bond acceptors (Lipinski definition) is 5. The minimum absolute atomic E-state index is 0.242. The largest absolute Gasteiger partial charge is 0.508 e. The number of benzene rings is 4. The summed E-state index contributed by atoms with van der Waals surface area (Å²) in [6, 6.07) is 18.4. The molecule has 35 heavy (non-hydrogen) atoms. The first-order valence-electron chi connectivity index (χ1n) is 11.6. The fourth-order valence-electron chi connectivity index (χ4n) is 4.18. The molecular formula is C30H31NO4. The molecule has 0 atom stereocenters. The van der Waals surface area contributed by atoms with E-state index in [-0.39, 0.29) is 17.2 Å². The predicted octanol–water partition coefficient (Wildman–Crippen LogP) is 7.92. The van der Waals surface area contributed by atoms with E-state index in [1.165, 1.54) is 0 Å². The van der Waals surface area contributed by atoms with Gasteiger partial charge in [0.15, 0.2) is 0 Å². The molecule has 0 aliphatic carbocycles. The number of nitrogens with zero attached hydrogens (tertiary/aromatic N) is 1. The summed E-state index contributed by atoms with van der Waals surface area (Å²) < 4.78 is 6.24. The highest BCUT2D eigenvalue weighted by Gasteiger charge is 2.21. The van der Waals surface area contributed by atoms with Crippen molar-refractivity contribution < 1.29 is 20.1 Å². The number of phenolic OH excluding ortho intramolecular Hbond substituents is 3. The summed E-state index contributed by atoms with van der Waals surface area (Å²) in [6.07, 6.45) is 0. The van der Waals surface area contributed by atoms with E-state index in [2.05, 4.69) is 4.90 Å². The highest BCUT2D eigenvalue weighted by Crippen LogP contribution is 2.43. The number of ether oxygens (including phenoxy) is 1. The van der Waals surface area contributed by atoms with E-state index in [4.69, 9.17) is 4.74 Å². The van der Waals surface area contributed by atoms with Crippen LogP contribution in [0.25, 0.3) is 0 Å². The van der Waals surface area contributed by atoms with Crippen LogP contribution in [-0.2, 0) is 0 Å². The lowest BCUT2D eigenvalue weighted by Crippen LogP contribution is -2.13. The number of hydrogen-bond donors (Lipinski definition) is 3. The molecule has 0 aromatic heterocycles. The summed E-state index contributed by atoms with van der Waals surface area (Å²) in [5, 5.41) is 30.5. The smallest absolute Gasteiger partial charge is 0.130 e. The van der Waals surface area contributed by atoms with Gasteiger partial charge in [-0.25, -0.2) is 0 Å². The Morgan fingerprint density at radius 3 is 1.57 bits per heavy atom. The van der Waals surface area contributed by atoms with Crippen LogP contribution in [0.2, 0.25) is 0 Å². The van der Waals surface area contributed by atoms with E-state index in [9.17, 15) is 15.3 Å². The Balaban J connectivity index is 1.88. The first kappa shape index (κ1) is 24.0. The van der Waals surface area contributed by atoms with Gasteiger partial charge in [-0.05, 0) is 123 Å². The fourth-order valence-corrected chi connectivity index (χ4v) is 4.18. The lowest BCUT2D eigenvalue weighted by molar-refractivity contribution is 0.457. The second kappa shape index (κ2) is 9.26. The van der Waals surface area contributed by atoms with Gasteiger partial charge in [0, 0.05) is 23.1 Å². The maximum atomic E-state index is 10.3. The second-order valence-corrected chi connectivity index (χ2v) is 8.98. The van der Waals surface area contributed by atoms with Crippen molar-refractivity contribution in [3.8, 4) is 28.7 Å². The summed E-state index contributed by atoms with van der Waals surface area (Å²) in [4.78, 5) is 2.12. The van der Waals surface area contributed by atoms with E-state index >= 15 is 0 Å². The van der Waals surface area contributed by atoms with Crippen LogP contribution in [0.3, 0.4) is 0 Å². The SMILES string of the molecule is Cc1c(O)ccc(Oc2cccc(N(c3ccc(O)c(C)c3C)c3ccc(O)c(C)c3C)c2)c1C. The van der Waals surface area contributed by atoms with Crippen LogP contribution in [0.5, 0.6) is 28.7 Å². The van der Waals surface area contributed by atoms with Gasteiger partial charge >= 0.3 is 0 Å². The van der Waals surface area contributed by atoms with Crippen molar-refractivity contribution in [1.82, 2.24) is 0 Å². The summed E-state index contributed by atoms with van der Waals surface area (Å²) in [6.45, 7) is 11.6. The van der Waals surface area contributed by atoms with Crippen molar-refractivity contribution in [3.63, 3.8) is 0 Å². The number of phenols is 3. The highest BCUT2D eigenvalue weighted by atomic mass is 16.5. The van der Waals surface area contributed by atoms with Gasteiger partial charge in [0.05, 0.1) is 0 Å². The zero-order valence-electron chi connectivity index (χ0n) is 21.0. The Hall–Kier alpha value is -4.12. The lowest BCUT2D eigenvalue weighted by atomic mass is 10.0. The molecule has 5 nitrogen and oxygen atoms in total. The van der Waals surface area contributed by atoms with Crippen molar-refractivity contribution in [3.05, 3.63) is 94.0 Å². The average molecular weight is 470 g/mol. The van der Waals surface area contributed by atoms with Crippen molar-refractivity contribution in [2.24, 2.45) is 0 Å². The molecule has 0 radical (unpaired) electrons. The van der Waals surface area contributed by atoms with Gasteiger partial charge in [-0.3, -0.25) is 0 Å². The van der Waals surface area contributed by atoms with Crippen molar-refractivity contribution >= 4 is 17.1 Å². The molecule has 5 heteroatoms. The molecule has 0 saturated carbocycles. The lowest BCUT2D eigenvalue weighted by Gasteiger charge is -2.30. The molecule has 4 aromatic carbocycles. The highest BCUT2D eigenvalue weighted by molar-refractivity contribution is 5.82. The molecule has 0 aliphatic rings. The van der Waals surface area contributed by atoms with Gasteiger partial charge in [0.1, 0.15) is 28.7 Å². The Morgan fingerprint density at radius 2 is 1.03 bits per heavy atom. The van der Waals surface area contributed by atoms with E-state index in [1.807, 2.05) is 77.9 Å². The zero-order chi connectivity index (χ0) is 25.4. The maximum absolute atomic E-state index is 10.3. The van der Waals surface area contributed by atoms with Crippen LogP contribution in [0.1, 0.15) is 33.4 Å². The molecule has 0 amide bonds. The Bertz CT molecular complexity index is 1370. The minimum atomic E-state index is 0.242. The van der Waals surface area contributed by atoms with Crippen LogP contribution in [-0.4, -0.2) is 15.3 Å². The fraction of sp³-hybridized carbons (Fsp3) is 0.200. The molecule has 0 spiro atoms. The Kier molecular flexibility index (Phi) is 6.35. The van der Waals surface area contributed by atoms with E-state index in [0.717, 1.165) is 50.4 Å². The third-order valence-corrected chi connectivity index (χ3v) is 6.95. The standard InChI is InChI=1S/C30H31NO4/c1-17-19(3)27(32)12-10-25(17)31(26-11-13-28(33)20(4)18(26)2)23-8-7-9-24(16-23)35-30-15-14-29(34)21(5)22(30)6/h7-16,32-34H,1-6H3. The Morgan fingerprint density at radius 1 is 0.543 bits per heavy atom. The second-order valence-electron chi connectivity index (χ2n) is 8.98. The third kappa shape index (κ3) is 4.37. The minimum Gasteiger partial charge on any atom is -0.508 e. The molecule has 0 aliphatic heterocycles. The first-order chi connectivity index (χ1) is 16.6. The van der Waals surface area contributed by atoms with Crippen molar-refractivity contribution in [1.29, 1.82) is 0 Å². The molecule has 180 valence electrons. The molecule has 4 aromatic rings. The monoisotopic (exact) mass is 469 g/mol. The third-order valence-electron chi connectivity index (χ3n) is 6.95. The quantitative estimate of drug-likeness (QED) is 0.277. The van der Waals surface area contributed by atoms with Gasteiger partial charge in [-0.2, -0.15) is 0 Å². The average Bonchev–Trinajstić information content (AvgIpc) is 2.84. The van der Waals surface area contributed by atoms with E-state index < -0.39 is 0 Å². The molecule has 0 bridgehead atoms. The summed E-state index contributed by atoms with van der Waals surface area (Å²) in [7, 11) is 0. The topological polar surface area (TPSA) is 73.2 Å². The van der Waals surface area contributed by atoms with Crippen LogP contribution in [0, 0.1) is 41.5 Å². The molecule has 0 unspecified atom stereocenters. The summed E-state index contributed by atoms with van der Waals surface area (Å²) >= 11 is 0. The van der Waals surface area contributed by atoms with Crippen LogP contribution >= 0.6 is 0 Å². The first-order valence-corrected chi connectivity index (χ1v) is 11.6. The van der Waals surface area contributed by atoms with Gasteiger partial charge in [-0.1, -0.05) is 6.07 Å². The molecule has 4 rings (SSSR count). The van der Waals surface area contributed by atoms with E-state index in [0.29, 0.717) is 11.5 Å². The summed E-state index contributed by atoms with van der Waals surface area (Å²) in [5.74, 6) is 2.07. The molecular weight excluding hydrogens is 438 g/mol. The number of anilines is 3. The van der Waals surface area contributed by atoms with Gasteiger partial charge < -0.3 is 25.0 Å². The van der Waals surface area contributed by atoms with E-state index in [1.54, 1.807) is 24.3 Å². The van der Waals surface area contributed by atoms with Crippen LogP contribution < -0.4 is 9.64 Å². The normalized spacial score (nSPS) is 10.9. The molecule has 0 fully saturated rings. The number of rotatable bonds is 5. The van der Waals surface area contributed by atoms with Gasteiger partial charge in [0.2, 0.25) is 0 Å². The number of aromatic hydroxyl groups is 3. The van der Waals surface area contributed by atoms with Crippen LogP contribution in [0.4, 0.5) is 17.1 Å². The van der Waals surface area contributed by atoms with Gasteiger partial charge in [0.25, 0.3) is 0 Å². The predicted molar refractivity (Wildman–Crippen MR) is 141 cm³/mol. The zero-order valence-corrected chi connectivity index (χ0v) is 21.0.